The number of aromatic amines is 1. The van der Waals surface area contributed by atoms with Gasteiger partial charge in [0.1, 0.15) is 5.65 Å². The maximum atomic E-state index is 12.2. The molecule has 1 fully saturated rings. The van der Waals surface area contributed by atoms with Crippen molar-refractivity contribution in [2.45, 2.75) is 23.7 Å². The maximum absolute atomic E-state index is 12.2. The van der Waals surface area contributed by atoms with E-state index in [1.54, 1.807) is 18.3 Å². The van der Waals surface area contributed by atoms with Crippen molar-refractivity contribution in [3.63, 3.8) is 0 Å². The van der Waals surface area contributed by atoms with Crippen molar-refractivity contribution < 1.29 is 8.42 Å². The number of sulfonamides is 1. The minimum atomic E-state index is -3.51. The number of benzene rings is 1. The Bertz CT molecular complexity index is 1010. The van der Waals surface area contributed by atoms with Crippen LogP contribution in [-0.4, -0.2) is 31.5 Å². The van der Waals surface area contributed by atoms with E-state index in [1.807, 2.05) is 18.2 Å². The van der Waals surface area contributed by atoms with Crippen LogP contribution in [0, 0.1) is 0 Å². The predicted octanol–water partition coefficient (Wildman–Crippen LogP) is 2.34. The fraction of sp³-hybridized carbons (Fsp3) is 0.278. The Hall–Kier alpha value is -2.22. The lowest BCUT2D eigenvalue weighted by Crippen LogP contribution is -2.29. The summed E-state index contributed by atoms with van der Waals surface area (Å²) in [4.78, 5) is 8.05. The molecule has 1 aliphatic rings. The fourth-order valence-corrected chi connectivity index (χ4v) is 4.05. The number of hydrogen-bond donors (Lipinski definition) is 3. The molecule has 0 amide bonds. The van der Waals surface area contributed by atoms with Crippen LogP contribution in [0.4, 0.5) is 0 Å². The van der Waals surface area contributed by atoms with Gasteiger partial charge in [-0.3, -0.25) is 0 Å². The molecule has 0 unspecified atom stereocenters. The second kappa shape index (κ2) is 6.25. The Morgan fingerprint density at radius 2 is 1.96 bits per heavy atom. The molecule has 0 atom stereocenters. The zero-order valence-electron chi connectivity index (χ0n) is 13.7. The molecule has 0 bridgehead atoms. The Labute approximate surface area is 146 Å². The van der Waals surface area contributed by atoms with Crippen LogP contribution in [0.2, 0.25) is 0 Å². The van der Waals surface area contributed by atoms with Crippen molar-refractivity contribution in [1.82, 2.24) is 14.7 Å². The quantitative estimate of drug-likeness (QED) is 0.631. The third-order valence-corrected chi connectivity index (χ3v) is 5.96. The molecule has 4 rings (SSSR count). The van der Waals surface area contributed by atoms with Gasteiger partial charge in [-0.25, -0.2) is 18.1 Å². The molecule has 2 aromatic heterocycles. The molecule has 0 spiro atoms. The molecule has 1 saturated carbocycles. The highest BCUT2D eigenvalue weighted by Crippen LogP contribution is 2.41. The Balaban J connectivity index is 1.69. The van der Waals surface area contributed by atoms with E-state index in [-0.39, 0.29) is 18.0 Å². The van der Waals surface area contributed by atoms with Gasteiger partial charge < -0.3 is 10.7 Å². The second-order valence-corrected chi connectivity index (χ2v) is 8.10. The number of nitrogens with two attached hydrogens (primary N) is 1. The van der Waals surface area contributed by atoms with Crippen LogP contribution >= 0.6 is 0 Å². The van der Waals surface area contributed by atoms with Gasteiger partial charge in [-0.2, -0.15) is 0 Å². The molecular weight excluding hydrogens is 336 g/mol. The first-order valence-corrected chi connectivity index (χ1v) is 9.84. The largest absolute Gasteiger partial charge is 0.343 e. The number of rotatable bonds is 6. The highest BCUT2D eigenvalue weighted by atomic mass is 32.2. The van der Waals surface area contributed by atoms with Crippen LogP contribution in [0.25, 0.3) is 22.2 Å². The van der Waals surface area contributed by atoms with Crippen molar-refractivity contribution in [3.8, 4) is 11.1 Å². The lowest BCUT2D eigenvalue weighted by molar-refractivity contribution is 0.582. The van der Waals surface area contributed by atoms with E-state index in [4.69, 9.17) is 5.73 Å². The van der Waals surface area contributed by atoms with E-state index in [9.17, 15) is 8.42 Å². The van der Waals surface area contributed by atoms with E-state index in [0.29, 0.717) is 5.92 Å². The summed E-state index contributed by atoms with van der Waals surface area (Å²) >= 11 is 0. The molecule has 3 aromatic rings. The van der Waals surface area contributed by atoms with Gasteiger partial charge in [-0.05, 0) is 54.2 Å². The monoisotopic (exact) mass is 356 g/mol. The van der Waals surface area contributed by atoms with Gasteiger partial charge in [-0.15, -0.1) is 0 Å². The molecule has 0 aliphatic heterocycles. The summed E-state index contributed by atoms with van der Waals surface area (Å²) in [5.74, 6) is 0.628. The summed E-state index contributed by atoms with van der Waals surface area (Å²) in [5.41, 5.74) is 9.48. The first-order chi connectivity index (χ1) is 12.1. The average molecular weight is 356 g/mol. The Kier molecular flexibility index (Phi) is 4.07. The molecule has 1 aliphatic carbocycles. The highest BCUT2D eigenvalue weighted by Gasteiger charge is 2.25. The van der Waals surface area contributed by atoms with Crippen molar-refractivity contribution >= 4 is 21.1 Å². The smallest absolute Gasteiger partial charge is 0.240 e. The maximum Gasteiger partial charge on any atom is 0.240 e. The number of hydrogen-bond acceptors (Lipinski definition) is 4. The standard InChI is InChI=1S/C18H20N4O2S/c19-8-10-21-25(23,24)14-5-3-12(4-6-14)15-7-9-20-18-16(15)11-17(22-18)13-1-2-13/h3-7,9,11,13,21H,1-2,8,10,19H2,(H,20,22). The number of nitrogens with zero attached hydrogens (tertiary/aromatic N) is 1. The number of fused-ring (bicyclic) bond motifs is 1. The fourth-order valence-electron chi connectivity index (χ4n) is 3.00. The van der Waals surface area contributed by atoms with Gasteiger partial charge in [-0.1, -0.05) is 12.1 Å². The summed E-state index contributed by atoms with van der Waals surface area (Å²) in [6.07, 6.45) is 4.23. The van der Waals surface area contributed by atoms with E-state index in [2.05, 4.69) is 20.8 Å². The first-order valence-electron chi connectivity index (χ1n) is 8.36. The van der Waals surface area contributed by atoms with Crippen molar-refractivity contribution in [2.75, 3.05) is 13.1 Å². The molecule has 1 aromatic carbocycles. The zero-order valence-corrected chi connectivity index (χ0v) is 14.5. The Morgan fingerprint density at radius 3 is 2.64 bits per heavy atom. The van der Waals surface area contributed by atoms with Gasteiger partial charge in [0.05, 0.1) is 4.90 Å². The zero-order chi connectivity index (χ0) is 17.4. The number of pyridine rings is 1. The van der Waals surface area contributed by atoms with E-state index < -0.39 is 10.0 Å². The minimum Gasteiger partial charge on any atom is -0.343 e. The van der Waals surface area contributed by atoms with Crippen molar-refractivity contribution in [2.24, 2.45) is 5.73 Å². The topological polar surface area (TPSA) is 101 Å². The highest BCUT2D eigenvalue weighted by molar-refractivity contribution is 7.89. The Morgan fingerprint density at radius 1 is 1.20 bits per heavy atom. The van der Waals surface area contributed by atoms with Gasteiger partial charge in [0.15, 0.2) is 0 Å². The van der Waals surface area contributed by atoms with Crippen LogP contribution in [0.15, 0.2) is 47.5 Å². The summed E-state index contributed by atoms with van der Waals surface area (Å²) in [5, 5.41) is 1.07. The third kappa shape index (κ3) is 3.18. The van der Waals surface area contributed by atoms with Crippen LogP contribution in [0.5, 0.6) is 0 Å². The predicted molar refractivity (Wildman–Crippen MR) is 97.7 cm³/mol. The molecule has 7 heteroatoms. The molecule has 6 nitrogen and oxygen atoms in total. The second-order valence-electron chi connectivity index (χ2n) is 6.33. The lowest BCUT2D eigenvalue weighted by Gasteiger charge is -2.07. The normalized spacial score (nSPS) is 14.9. The van der Waals surface area contributed by atoms with Crippen LogP contribution < -0.4 is 10.5 Å². The van der Waals surface area contributed by atoms with Crippen molar-refractivity contribution in [3.05, 3.63) is 48.3 Å². The summed E-state index contributed by atoms with van der Waals surface area (Å²) < 4.78 is 26.8. The van der Waals surface area contributed by atoms with Gasteiger partial charge >= 0.3 is 0 Å². The van der Waals surface area contributed by atoms with E-state index in [0.717, 1.165) is 22.2 Å². The first kappa shape index (κ1) is 16.3. The lowest BCUT2D eigenvalue weighted by atomic mass is 10.0. The van der Waals surface area contributed by atoms with Gasteiger partial charge in [0.25, 0.3) is 0 Å². The van der Waals surface area contributed by atoms with Crippen LogP contribution in [-0.2, 0) is 10.0 Å². The van der Waals surface area contributed by atoms with Crippen LogP contribution in [0.1, 0.15) is 24.5 Å². The number of nitrogens with one attached hydrogen (secondary N) is 2. The average Bonchev–Trinajstić information content (AvgIpc) is 3.38. The third-order valence-electron chi connectivity index (χ3n) is 4.48. The van der Waals surface area contributed by atoms with E-state index >= 15 is 0 Å². The molecule has 130 valence electrons. The summed E-state index contributed by atoms with van der Waals surface area (Å²) in [6.45, 7) is 0.492. The van der Waals surface area contributed by atoms with Crippen molar-refractivity contribution in [1.29, 1.82) is 0 Å². The molecule has 0 saturated heterocycles. The SMILES string of the molecule is NCCNS(=O)(=O)c1ccc(-c2ccnc3[nH]c(C4CC4)cc23)cc1. The molecule has 4 N–H and O–H groups in total. The molecule has 2 heterocycles. The van der Waals surface area contributed by atoms with Gasteiger partial charge in [0, 0.05) is 30.4 Å². The van der Waals surface area contributed by atoms with Crippen LogP contribution in [0.3, 0.4) is 0 Å². The molecule has 25 heavy (non-hydrogen) atoms. The van der Waals surface area contributed by atoms with E-state index in [1.165, 1.54) is 18.5 Å². The minimum absolute atomic E-state index is 0.225. The summed E-state index contributed by atoms with van der Waals surface area (Å²) in [7, 11) is -3.51. The number of H-pyrrole nitrogens is 1. The molecular formula is C18H20N4O2S. The number of aromatic nitrogens is 2. The molecule has 0 radical (unpaired) electrons. The van der Waals surface area contributed by atoms with Gasteiger partial charge in [0.2, 0.25) is 10.0 Å². The summed E-state index contributed by atoms with van der Waals surface area (Å²) in [6, 6.07) is 11.0.